The molecule has 0 aliphatic carbocycles. The third-order valence-corrected chi connectivity index (χ3v) is 6.10. The van der Waals surface area contributed by atoms with Crippen LogP contribution in [0.1, 0.15) is 53.2 Å². The van der Waals surface area contributed by atoms with Crippen LogP contribution in [0, 0.1) is 0 Å². The second kappa shape index (κ2) is 13.5. The maximum atomic E-state index is 12.0. The summed E-state index contributed by atoms with van der Waals surface area (Å²) in [6, 6.07) is 17.2. The van der Waals surface area contributed by atoms with Gasteiger partial charge in [0.15, 0.2) is 5.96 Å². The van der Waals surface area contributed by atoms with E-state index in [1.165, 1.54) is 36.9 Å². The Morgan fingerprint density at radius 1 is 0.970 bits per heavy atom. The van der Waals surface area contributed by atoms with Gasteiger partial charge in [0.1, 0.15) is 0 Å². The van der Waals surface area contributed by atoms with E-state index >= 15 is 0 Å². The van der Waals surface area contributed by atoms with Gasteiger partial charge < -0.3 is 15.5 Å². The molecule has 1 amide bonds. The minimum Gasteiger partial charge on any atom is -0.352 e. The molecule has 1 unspecified atom stereocenters. The molecule has 33 heavy (non-hydrogen) atoms. The molecule has 0 radical (unpaired) electrons. The quantitative estimate of drug-likeness (QED) is 0.301. The van der Waals surface area contributed by atoms with E-state index in [2.05, 4.69) is 51.7 Å². The molecule has 180 valence electrons. The van der Waals surface area contributed by atoms with E-state index in [0.29, 0.717) is 18.2 Å². The topological polar surface area (TPSA) is 60.0 Å². The van der Waals surface area contributed by atoms with E-state index in [4.69, 9.17) is 0 Å². The van der Waals surface area contributed by atoms with Gasteiger partial charge in [0.05, 0.1) is 0 Å². The van der Waals surface area contributed by atoms with Crippen LogP contribution in [-0.4, -0.2) is 55.4 Å². The van der Waals surface area contributed by atoms with Crippen molar-refractivity contribution >= 4 is 35.8 Å². The first-order valence-corrected chi connectivity index (χ1v) is 11.5. The van der Waals surface area contributed by atoms with Crippen LogP contribution in [-0.2, 0) is 19.6 Å². The number of carbonyl (C=O) groups is 1. The molecule has 0 spiro atoms. The molecule has 1 aliphatic rings. The SMILES string of the molecule is CN=C(NCc1ccc(CN2CCCCC2C)cc1)NCc1ccc(C(=O)N(C)C)cc1.I. The van der Waals surface area contributed by atoms with Crippen LogP contribution in [0.4, 0.5) is 0 Å². The largest absolute Gasteiger partial charge is 0.352 e. The van der Waals surface area contributed by atoms with Crippen LogP contribution in [0.5, 0.6) is 0 Å². The van der Waals surface area contributed by atoms with Crippen molar-refractivity contribution in [2.75, 3.05) is 27.7 Å². The van der Waals surface area contributed by atoms with Crippen LogP contribution in [0.15, 0.2) is 53.5 Å². The highest BCUT2D eigenvalue weighted by Gasteiger charge is 2.17. The number of carbonyl (C=O) groups excluding carboxylic acids is 1. The first-order chi connectivity index (χ1) is 15.5. The van der Waals surface area contributed by atoms with E-state index in [1.54, 1.807) is 26.0 Å². The number of aliphatic imine (C=N–C) groups is 1. The minimum atomic E-state index is 0. The third kappa shape index (κ3) is 8.30. The first kappa shape index (κ1) is 27.1. The molecule has 2 N–H and O–H groups in total. The fraction of sp³-hybridized carbons (Fsp3) is 0.462. The van der Waals surface area contributed by atoms with Crippen molar-refractivity contribution < 1.29 is 4.79 Å². The van der Waals surface area contributed by atoms with Crippen molar-refractivity contribution in [1.29, 1.82) is 0 Å². The highest BCUT2D eigenvalue weighted by atomic mass is 127. The standard InChI is InChI=1S/C26H37N5O.HI/c1-20-7-5-6-16-31(20)19-23-10-8-21(9-11-23)17-28-26(27-2)29-18-22-12-14-24(15-13-22)25(32)30(3)4;/h8-15,20H,5-7,16-19H2,1-4H3,(H2,27,28,29);1H. The van der Waals surface area contributed by atoms with E-state index in [1.807, 2.05) is 24.3 Å². The van der Waals surface area contributed by atoms with Crippen LogP contribution in [0.2, 0.25) is 0 Å². The van der Waals surface area contributed by atoms with Gasteiger partial charge in [0.2, 0.25) is 0 Å². The van der Waals surface area contributed by atoms with E-state index in [0.717, 1.165) is 24.6 Å². The zero-order valence-corrected chi connectivity index (χ0v) is 22.6. The molecular formula is C26H38IN5O. The molecule has 3 rings (SSSR count). The molecule has 1 aliphatic heterocycles. The summed E-state index contributed by atoms with van der Waals surface area (Å²) in [5, 5.41) is 6.71. The maximum Gasteiger partial charge on any atom is 0.253 e. The summed E-state index contributed by atoms with van der Waals surface area (Å²) in [6.07, 6.45) is 3.99. The summed E-state index contributed by atoms with van der Waals surface area (Å²) in [5.41, 5.74) is 4.40. The van der Waals surface area contributed by atoms with Crippen LogP contribution in [0.25, 0.3) is 0 Å². The van der Waals surface area contributed by atoms with Gasteiger partial charge >= 0.3 is 0 Å². The highest BCUT2D eigenvalue weighted by Crippen LogP contribution is 2.19. The van der Waals surface area contributed by atoms with Gasteiger partial charge in [-0.1, -0.05) is 42.8 Å². The molecule has 2 aromatic carbocycles. The van der Waals surface area contributed by atoms with Crippen molar-refractivity contribution in [2.24, 2.45) is 4.99 Å². The fourth-order valence-corrected chi connectivity index (χ4v) is 4.01. The molecule has 1 atom stereocenters. The Morgan fingerprint density at radius 2 is 1.52 bits per heavy atom. The Morgan fingerprint density at radius 3 is 2.03 bits per heavy atom. The predicted molar refractivity (Wildman–Crippen MR) is 147 cm³/mol. The average Bonchev–Trinajstić information content (AvgIpc) is 2.81. The number of amides is 1. The summed E-state index contributed by atoms with van der Waals surface area (Å²) in [7, 11) is 5.30. The molecular weight excluding hydrogens is 525 g/mol. The molecule has 1 heterocycles. The van der Waals surface area contributed by atoms with E-state index in [-0.39, 0.29) is 29.9 Å². The van der Waals surface area contributed by atoms with Gasteiger partial charge in [-0.3, -0.25) is 14.7 Å². The summed E-state index contributed by atoms with van der Waals surface area (Å²) in [4.78, 5) is 20.5. The monoisotopic (exact) mass is 563 g/mol. The van der Waals surface area contributed by atoms with Crippen molar-refractivity contribution in [3.05, 3.63) is 70.8 Å². The Bertz CT molecular complexity index is 896. The lowest BCUT2D eigenvalue weighted by atomic mass is 10.0. The molecule has 0 bridgehead atoms. The Labute approximate surface area is 215 Å². The molecule has 2 aromatic rings. The number of hydrogen-bond donors (Lipinski definition) is 2. The third-order valence-electron chi connectivity index (χ3n) is 6.10. The summed E-state index contributed by atoms with van der Waals surface area (Å²) < 4.78 is 0. The normalized spacial score (nSPS) is 16.6. The van der Waals surface area contributed by atoms with Gasteiger partial charge in [-0.05, 0) is 55.1 Å². The van der Waals surface area contributed by atoms with E-state index in [9.17, 15) is 4.79 Å². The fourth-order valence-electron chi connectivity index (χ4n) is 4.01. The minimum absolute atomic E-state index is 0. The second-order valence-electron chi connectivity index (χ2n) is 8.81. The molecule has 1 fully saturated rings. The predicted octanol–water partition coefficient (Wildman–Crippen LogP) is 4.25. The van der Waals surface area contributed by atoms with Gasteiger partial charge in [0.25, 0.3) is 5.91 Å². The molecule has 7 heteroatoms. The van der Waals surface area contributed by atoms with Gasteiger partial charge in [-0.2, -0.15) is 0 Å². The van der Waals surface area contributed by atoms with Gasteiger partial charge in [-0.25, -0.2) is 0 Å². The molecule has 0 saturated carbocycles. The number of piperidine rings is 1. The Kier molecular flexibility index (Phi) is 11.1. The number of likely N-dealkylation sites (tertiary alicyclic amines) is 1. The lowest BCUT2D eigenvalue weighted by Gasteiger charge is -2.33. The van der Waals surface area contributed by atoms with Gasteiger partial charge in [-0.15, -0.1) is 24.0 Å². The van der Waals surface area contributed by atoms with Crippen LogP contribution in [0.3, 0.4) is 0 Å². The highest BCUT2D eigenvalue weighted by molar-refractivity contribution is 14.0. The van der Waals surface area contributed by atoms with Crippen molar-refractivity contribution in [3.63, 3.8) is 0 Å². The number of benzene rings is 2. The lowest BCUT2D eigenvalue weighted by molar-refractivity contribution is 0.0827. The smallest absolute Gasteiger partial charge is 0.253 e. The van der Waals surface area contributed by atoms with Crippen molar-refractivity contribution in [3.8, 4) is 0 Å². The van der Waals surface area contributed by atoms with Crippen molar-refractivity contribution in [1.82, 2.24) is 20.4 Å². The van der Waals surface area contributed by atoms with Gasteiger partial charge in [0, 0.05) is 52.4 Å². The summed E-state index contributed by atoms with van der Waals surface area (Å²) in [6.45, 7) is 5.95. The number of hydrogen-bond acceptors (Lipinski definition) is 3. The van der Waals surface area contributed by atoms with E-state index < -0.39 is 0 Å². The lowest BCUT2D eigenvalue weighted by Crippen LogP contribution is -2.37. The molecule has 0 aromatic heterocycles. The second-order valence-corrected chi connectivity index (χ2v) is 8.81. The summed E-state index contributed by atoms with van der Waals surface area (Å²) >= 11 is 0. The first-order valence-electron chi connectivity index (χ1n) is 11.5. The number of nitrogens with zero attached hydrogens (tertiary/aromatic N) is 3. The molecule has 6 nitrogen and oxygen atoms in total. The Hall–Kier alpha value is -2.13. The zero-order valence-electron chi connectivity index (χ0n) is 20.3. The van der Waals surface area contributed by atoms with Crippen LogP contribution < -0.4 is 10.6 Å². The number of rotatable bonds is 7. The maximum absolute atomic E-state index is 12.0. The van der Waals surface area contributed by atoms with Crippen LogP contribution >= 0.6 is 24.0 Å². The number of guanidine groups is 1. The average molecular weight is 564 g/mol. The number of nitrogens with one attached hydrogen (secondary N) is 2. The Balaban J connectivity index is 0.00000385. The van der Waals surface area contributed by atoms with Crippen molar-refractivity contribution in [2.45, 2.75) is 51.9 Å². The molecule has 1 saturated heterocycles. The number of halogens is 1. The summed E-state index contributed by atoms with van der Waals surface area (Å²) in [5.74, 6) is 0.767. The zero-order chi connectivity index (χ0) is 22.9.